The molecular weight excluding hydrogens is 346 g/mol. The first-order chi connectivity index (χ1) is 12.8. The average Bonchev–Trinajstić information content (AvgIpc) is 3.42. The van der Waals surface area contributed by atoms with E-state index in [1.807, 2.05) is 24.3 Å². The zero-order valence-electron chi connectivity index (χ0n) is 14.5. The van der Waals surface area contributed by atoms with E-state index in [9.17, 15) is 4.79 Å². The first-order valence-corrected chi connectivity index (χ1v) is 10.1. The molecule has 1 aromatic carbocycles. The minimum Gasteiger partial charge on any atom is -0.347 e. The predicted molar refractivity (Wildman–Crippen MR) is 103 cm³/mol. The van der Waals surface area contributed by atoms with Crippen LogP contribution in [-0.4, -0.2) is 32.8 Å². The van der Waals surface area contributed by atoms with Gasteiger partial charge in [0.05, 0.1) is 17.2 Å². The van der Waals surface area contributed by atoms with Gasteiger partial charge in [0.2, 0.25) is 5.13 Å². The first-order valence-electron chi connectivity index (χ1n) is 9.30. The van der Waals surface area contributed by atoms with Gasteiger partial charge in [0.15, 0.2) is 0 Å². The molecule has 0 N–H and O–H groups in total. The number of hydrogen-bond acceptors (Lipinski definition) is 6. The van der Waals surface area contributed by atoms with Crippen molar-refractivity contribution in [1.29, 1.82) is 0 Å². The standard InChI is InChI=1S/C19H21N5OS/c25-18-15-3-1-2-4-16(15)20-12-24(18)11-13-7-9-23(10-8-13)19-22-21-17(26-19)14-5-6-14/h1-4,12-14H,5-11H2. The highest BCUT2D eigenvalue weighted by molar-refractivity contribution is 7.15. The minimum absolute atomic E-state index is 0.0660. The van der Waals surface area contributed by atoms with Gasteiger partial charge in [0.1, 0.15) is 5.01 Å². The lowest BCUT2D eigenvalue weighted by atomic mass is 9.97. The van der Waals surface area contributed by atoms with Crippen molar-refractivity contribution in [2.24, 2.45) is 5.92 Å². The van der Waals surface area contributed by atoms with E-state index in [1.54, 1.807) is 22.2 Å². The second-order valence-electron chi connectivity index (χ2n) is 7.35. The first kappa shape index (κ1) is 15.9. The molecule has 26 heavy (non-hydrogen) atoms. The molecule has 2 fully saturated rings. The Bertz CT molecular complexity index is 985. The molecule has 6 nitrogen and oxygen atoms in total. The summed E-state index contributed by atoms with van der Waals surface area (Å²) in [6.07, 6.45) is 6.37. The van der Waals surface area contributed by atoms with E-state index in [-0.39, 0.29) is 5.56 Å². The fourth-order valence-corrected chi connectivity index (χ4v) is 4.74. The lowest BCUT2D eigenvalue weighted by Crippen LogP contribution is -2.36. The molecule has 0 amide bonds. The molecule has 1 saturated carbocycles. The van der Waals surface area contributed by atoms with Crippen LogP contribution in [0.4, 0.5) is 5.13 Å². The number of piperidine rings is 1. The van der Waals surface area contributed by atoms with Gasteiger partial charge >= 0.3 is 0 Å². The van der Waals surface area contributed by atoms with E-state index in [0.29, 0.717) is 17.2 Å². The second-order valence-corrected chi connectivity index (χ2v) is 8.33. The number of anilines is 1. The molecule has 7 heteroatoms. The van der Waals surface area contributed by atoms with Gasteiger partial charge in [-0.1, -0.05) is 23.5 Å². The van der Waals surface area contributed by atoms with Crippen LogP contribution in [-0.2, 0) is 6.54 Å². The molecule has 5 rings (SSSR count). The molecular formula is C19H21N5OS. The zero-order valence-corrected chi connectivity index (χ0v) is 15.4. The summed E-state index contributed by atoms with van der Waals surface area (Å²) in [6, 6.07) is 7.55. The van der Waals surface area contributed by atoms with Gasteiger partial charge in [-0.25, -0.2) is 4.98 Å². The van der Waals surface area contributed by atoms with Crippen LogP contribution in [0.5, 0.6) is 0 Å². The molecule has 134 valence electrons. The van der Waals surface area contributed by atoms with Gasteiger partial charge in [-0.3, -0.25) is 9.36 Å². The van der Waals surface area contributed by atoms with Crippen molar-refractivity contribution in [2.75, 3.05) is 18.0 Å². The Balaban J connectivity index is 1.25. The Morgan fingerprint density at radius 2 is 1.88 bits per heavy atom. The molecule has 0 spiro atoms. The predicted octanol–water partition coefficient (Wildman–Crippen LogP) is 3.04. The van der Waals surface area contributed by atoms with Gasteiger partial charge in [-0.2, -0.15) is 0 Å². The van der Waals surface area contributed by atoms with Crippen molar-refractivity contribution >= 4 is 27.4 Å². The third-order valence-electron chi connectivity index (χ3n) is 5.43. The second kappa shape index (κ2) is 6.46. The highest BCUT2D eigenvalue weighted by Crippen LogP contribution is 2.42. The molecule has 0 bridgehead atoms. The SMILES string of the molecule is O=c1c2ccccc2ncn1CC1CCN(c2nnc(C3CC3)s2)CC1. The topological polar surface area (TPSA) is 63.9 Å². The summed E-state index contributed by atoms with van der Waals surface area (Å²) in [5.74, 6) is 1.17. The zero-order chi connectivity index (χ0) is 17.5. The normalized spacial score (nSPS) is 18.5. The van der Waals surface area contributed by atoms with Crippen LogP contribution in [0.1, 0.15) is 36.6 Å². The van der Waals surface area contributed by atoms with Crippen LogP contribution >= 0.6 is 11.3 Å². The Labute approximate surface area is 155 Å². The molecule has 1 aliphatic heterocycles. The maximum absolute atomic E-state index is 12.7. The van der Waals surface area contributed by atoms with Gasteiger partial charge in [-0.05, 0) is 43.7 Å². The molecule has 0 radical (unpaired) electrons. The molecule has 2 aliphatic rings. The van der Waals surface area contributed by atoms with Crippen molar-refractivity contribution < 1.29 is 0 Å². The Morgan fingerprint density at radius 1 is 1.08 bits per heavy atom. The summed E-state index contributed by atoms with van der Waals surface area (Å²) in [6.45, 7) is 2.72. The van der Waals surface area contributed by atoms with E-state index >= 15 is 0 Å². The molecule has 3 heterocycles. The van der Waals surface area contributed by atoms with E-state index in [2.05, 4.69) is 20.1 Å². The van der Waals surface area contributed by atoms with Gasteiger partial charge < -0.3 is 4.90 Å². The van der Waals surface area contributed by atoms with Crippen LogP contribution in [0.2, 0.25) is 0 Å². The van der Waals surface area contributed by atoms with Crippen molar-refractivity contribution in [3.05, 3.63) is 46.0 Å². The number of nitrogens with zero attached hydrogens (tertiary/aromatic N) is 5. The van der Waals surface area contributed by atoms with Crippen LogP contribution in [0.15, 0.2) is 35.4 Å². The highest BCUT2D eigenvalue weighted by atomic mass is 32.1. The molecule has 0 unspecified atom stereocenters. The fraction of sp³-hybridized carbons (Fsp3) is 0.474. The van der Waals surface area contributed by atoms with Crippen molar-refractivity contribution in [2.45, 2.75) is 38.1 Å². The summed E-state index contributed by atoms with van der Waals surface area (Å²) < 4.78 is 1.78. The summed E-state index contributed by atoms with van der Waals surface area (Å²) in [5.41, 5.74) is 0.836. The number of hydrogen-bond donors (Lipinski definition) is 0. The fourth-order valence-electron chi connectivity index (χ4n) is 3.67. The van der Waals surface area contributed by atoms with E-state index < -0.39 is 0 Å². The van der Waals surface area contributed by atoms with E-state index in [1.165, 1.54) is 17.8 Å². The van der Waals surface area contributed by atoms with Gasteiger partial charge in [-0.15, -0.1) is 10.2 Å². The maximum Gasteiger partial charge on any atom is 0.261 e. The average molecular weight is 367 g/mol. The van der Waals surface area contributed by atoms with Crippen LogP contribution in [0.3, 0.4) is 0 Å². The van der Waals surface area contributed by atoms with Crippen LogP contribution in [0.25, 0.3) is 10.9 Å². The van der Waals surface area contributed by atoms with Gasteiger partial charge in [0.25, 0.3) is 5.56 Å². The number of rotatable bonds is 4. The van der Waals surface area contributed by atoms with Crippen LogP contribution in [0, 0.1) is 5.92 Å². The van der Waals surface area contributed by atoms with Gasteiger partial charge in [0, 0.05) is 25.6 Å². The lowest BCUT2D eigenvalue weighted by Gasteiger charge is -2.31. The Morgan fingerprint density at radius 3 is 2.69 bits per heavy atom. The van der Waals surface area contributed by atoms with E-state index in [4.69, 9.17) is 0 Å². The van der Waals surface area contributed by atoms with Crippen molar-refractivity contribution in [3.8, 4) is 0 Å². The quantitative estimate of drug-likeness (QED) is 0.709. The van der Waals surface area contributed by atoms with Crippen molar-refractivity contribution in [3.63, 3.8) is 0 Å². The molecule has 1 aliphatic carbocycles. The smallest absolute Gasteiger partial charge is 0.261 e. The number of benzene rings is 1. The van der Waals surface area contributed by atoms with E-state index in [0.717, 1.165) is 43.1 Å². The molecule has 1 saturated heterocycles. The van der Waals surface area contributed by atoms with Crippen molar-refractivity contribution in [1.82, 2.24) is 19.7 Å². The summed E-state index contributed by atoms with van der Waals surface area (Å²) in [4.78, 5) is 19.4. The summed E-state index contributed by atoms with van der Waals surface area (Å²) in [5, 5.41) is 11.7. The monoisotopic (exact) mass is 367 g/mol. The summed E-state index contributed by atoms with van der Waals surface area (Å²) >= 11 is 1.76. The van der Waals surface area contributed by atoms with Crippen LogP contribution < -0.4 is 10.5 Å². The highest BCUT2D eigenvalue weighted by Gasteiger charge is 2.29. The maximum atomic E-state index is 12.7. The third kappa shape index (κ3) is 3.00. The lowest BCUT2D eigenvalue weighted by molar-refractivity contribution is 0.351. The third-order valence-corrected chi connectivity index (χ3v) is 6.57. The number of para-hydroxylation sites is 1. The number of fused-ring (bicyclic) bond motifs is 1. The molecule has 3 aromatic rings. The molecule has 2 aromatic heterocycles. The summed E-state index contributed by atoms with van der Waals surface area (Å²) in [7, 11) is 0. The Hall–Kier alpha value is -2.28. The Kier molecular flexibility index (Phi) is 3.96. The minimum atomic E-state index is 0.0660. The largest absolute Gasteiger partial charge is 0.347 e. The number of aromatic nitrogens is 4. The molecule has 0 atom stereocenters.